The second-order valence-corrected chi connectivity index (χ2v) is 5.57. The Labute approximate surface area is 144 Å². The summed E-state index contributed by atoms with van der Waals surface area (Å²) in [5.41, 5.74) is 3.00. The number of esters is 1. The molecule has 2 aromatic carbocycles. The van der Waals surface area contributed by atoms with E-state index in [4.69, 9.17) is 9.47 Å². The first kappa shape index (κ1) is 16.6. The highest BCUT2D eigenvalue weighted by molar-refractivity contribution is 5.94. The van der Waals surface area contributed by atoms with Crippen molar-refractivity contribution in [2.24, 2.45) is 7.05 Å². The van der Waals surface area contributed by atoms with E-state index >= 15 is 0 Å². The minimum absolute atomic E-state index is 0.0626. The fraction of sp³-hybridized carbons (Fsp3) is 0.222. The lowest BCUT2D eigenvalue weighted by Crippen LogP contribution is -2.14. The van der Waals surface area contributed by atoms with Crippen molar-refractivity contribution in [3.05, 3.63) is 53.6 Å². The maximum atomic E-state index is 11.8. The number of benzene rings is 2. The van der Waals surface area contributed by atoms with Crippen molar-refractivity contribution in [3.63, 3.8) is 0 Å². The maximum absolute atomic E-state index is 11.8. The van der Waals surface area contributed by atoms with Gasteiger partial charge in [0.1, 0.15) is 17.9 Å². The molecule has 0 N–H and O–H groups in total. The lowest BCUT2D eigenvalue weighted by Gasteiger charge is -2.08. The lowest BCUT2D eigenvalue weighted by atomic mass is 10.1. The number of fused-ring (bicyclic) bond motifs is 1. The van der Waals surface area contributed by atoms with Crippen LogP contribution in [-0.4, -0.2) is 33.4 Å². The number of nitrogens with zero attached hydrogens (tertiary/aromatic N) is 3. The molecule has 0 fully saturated rings. The van der Waals surface area contributed by atoms with Crippen LogP contribution < -0.4 is 4.74 Å². The summed E-state index contributed by atoms with van der Waals surface area (Å²) in [6.07, 6.45) is 0. The molecular formula is C18H17N3O4. The van der Waals surface area contributed by atoms with Crippen LogP contribution in [0.5, 0.6) is 5.75 Å². The summed E-state index contributed by atoms with van der Waals surface area (Å²) in [5.74, 6) is -0.106. The molecule has 0 atom stereocenters. The predicted molar refractivity (Wildman–Crippen MR) is 90.2 cm³/mol. The summed E-state index contributed by atoms with van der Waals surface area (Å²) < 4.78 is 12.2. The van der Waals surface area contributed by atoms with Crippen LogP contribution in [0.3, 0.4) is 0 Å². The molecule has 128 valence electrons. The standard InChI is InChI=1S/C18H17N3O4/c1-12(22)14-4-3-5-15(9-14)24-11-18(23)25-10-13-6-7-17-16(8-13)19-20-21(17)2/h3-9H,10-11H2,1-2H3. The quantitative estimate of drug-likeness (QED) is 0.506. The number of carbonyl (C=O) groups is 2. The molecule has 1 aromatic heterocycles. The first-order chi connectivity index (χ1) is 12.0. The zero-order valence-electron chi connectivity index (χ0n) is 13.9. The van der Waals surface area contributed by atoms with Crippen LogP contribution in [0.1, 0.15) is 22.8 Å². The van der Waals surface area contributed by atoms with E-state index in [-0.39, 0.29) is 19.0 Å². The Kier molecular flexibility index (Phi) is 4.74. The number of Topliss-reactive ketones (excluding diaryl/α,β-unsaturated/α-hetero) is 1. The van der Waals surface area contributed by atoms with Gasteiger partial charge in [0.25, 0.3) is 0 Å². The molecule has 0 amide bonds. The molecule has 0 aliphatic heterocycles. The second-order valence-electron chi connectivity index (χ2n) is 5.57. The molecule has 0 unspecified atom stereocenters. The summed E-state index contributed by atoms with van der Waals surface area (Å²) in [4.78, 5) is 23.2. The summed E-state index contributed by atoms with van der Waals surface area (Å²) in [7, 11) is 1.81. The van der Waals surface area contributed by atoms with Gasteiger partial charge in [-0.05, 0) is 36.8 Å². The van der Waals surface area contributed by atoms with Crippen LogP contribution >= 0.6 is 0 Å². The largest absolute Gasteiger partial charge is 0.482 e. The van der Waals surface area contributed by atoms with E-state index in [1.807, 2.05) is 25.2 Å². The molecule has 3 aromatic rings. The molecule has 0 saturated carbocycles. The van der Waals surface area contributed by atoms with E-state index in [1.54, 1.807) is 28.9 Å². The molecule has 1 heterocycles. The number of ether oxygens (including phenoxy) is 2. The number of rotatable bonds is 6. The normalized spacial score (nSPS) is 10.6. The zero-order valence-corrected chi connectivity index (χ0v) is 13.9. The summed E-state index contributed by atoms with van der Waals surface area (Å²) >= 11 is 0. The Morgan fingerprint density at radius 1 is 1.16 bits per heavy atom. The Hall–Kier alpha value is -3.22. The summed E-state index contributed by atoms with van der Waals surface area (Å²) in [6, 6.07) is 12.2. The fourth-order valence-corrected chi connectivity index (χ4v) is 2.33. The second kappa shape index (κ2) is 7.12. The Bertz CT molecular complexity index is 933. The van der Waals surface area contributed by atoms with E-state index in [0.29, 0.717) is 11.3 Å². The number of aromatic nitrogens is 3. The minimum atomic E-state index is -0.493. The van der Waals surface area contributed by atoms with E-state index in [2.05, 4.69) is 10.3 Å². The van der Waals surface area contributed by atoms with Gasteiger partial charge in [-0.15, -0.1) is 5.10 Å². The molecule has 0 aliphatic carbocycles. The molecular weight excluding hydrogens is 322 g/mol. The number of carbonyl (C=O) groups excluding carboxylic acids is 2. The van der Waals surface area contributed by atoms with Gasteiger partial charge in [0, 0.05) is 12.6 Å². The van der Waals surface area contributed by atoms with Crippen LogP contribution in [0.2, 0.25) is 0 Å². The van der Waals surface area contributed by atoms with E-state index in [1.165, 1.54) is 6.92 Å². The van der Waals surface area contributed by atoms with Crippen molar-refractivity contribution in [1.82, 2.24) is 15.0 Å². The molecule has 0 spiro atoms. The van der Waals surface area contributed by atoms with Gasteiger partial charge in [0.2, 0.25) is 0 Å². The minimum Gasteiger partial charge on any atom is -0.482 e. The molecule has 0 bridgehead atoms. The van der Waals surface area contributed by atoms with Crippen molar-refractivity contribution in [3.8, 4) is 5.75 Å². The van der Waals surface area contributed by atoms with Gasteiger partial charge in [-0.2, -0.15) is 0 Å². The van der Waals surface area contributed by atoms with E-state index < -0.39 is 5.97 Å². The number of hydrogen-bond acceptors (Lipinski definition) is 6. The van der Waals surface area contributed by atoms with E-state index in [9.17, 15) is 9.59 Å². The van der Waals surface area contributed by atoms with Crippen LogP contribution in [0.25, 0.3) is 11.0 Å². The fourth-order valence-electron chi connectivity index (χ4n) is 2.33. The number of ketones is 1. The van der Waals surface area contributed by atoms with Gasteiger partial charge in [0.05, 0.1) is 5.52 Å². The van der Waals surface area contributed by atoms with Gasteiger partial charge in [0.15, 0.2) is 12.4 Å². The first-order valence-electron chi connectivity index (χ1n) is 7.70. The lowest BCUT2D eigenvalue weighted by molar-refractivity contribution is -0.147. The van der Waals surface area contributed by atoms with Gasteiger partial charge >= 0.3 is 5.97 Å². The van der Waals surface area contributed by atoms with Crippen LogP contribution in [-0.2, 0) is 23.2 Å². The van der Waals surface area contributed by atoms with Crippen molar-refractivity contribution in [2.45, 2.75) is 13.5 Å². The third-order valence-electron chi connectivity index (χ3n) is 3.67. The van der Waals surface area contributed by atoms with Crippen molar-refractivity contribution in [2.75, 3.05) is 6.61 Å². The maximum Gasteiger partial charge on any atom is 0.344 e. The highest BCUT2D eigenvalue weighted by Gasteiger charge is 2.08. The third kappa shape index (κ3) is 4.00. The molecule has 0 aliphatic rings. The van der Waals surface area contributed by atoms with Crippen molar-refractivity contribution >= 4 is 22.8 Å². The Morgan fingerprint density at radius 3 is 2.80 bits per heavy atom. The smallest absolute Gasteiger partial charge is 0.344 e. The Morgan fingerprint density at radius 2 is 2.00 bits per heavy atom. The van der Waals surface area contributed by atoms with Crippen LogP contribution in [0.15, 0.2) is 42.5 Å². The molecule has 7 heteroatoms. The van der Waals surface area contributed by atoms with Gasteiger partial charge in [-0.1, -0.05) is 23.4 Å². The third-order valence-corrected chi connectivity index (χ3v) is 3.67. The SMILES string of the molecule is CC(=O)c1cccc(OCC(=O)OCc2ccc3c(c2)nnn3C)c1. The van der Waals surface area contributed by atoms with Crippen molar-refractivity contribution in [1.29, 1.82) is 0 Å². The molecule has 3 rings (SSSR count). The average molecular weight is 339 g/mol. The van der Waals surface area contributed by atoms with Crippen LogP contribution in [0, 0.1) is 0 Å². The van der Waals surface area contributed by atoms with Crippen LogP contribution in [0.4, 0.5) is 0 Å². The highest BCUT2D eigenvalue weighted by Crippen LogP contribution is 2.15. The average Bonchev–Trinajstić information content (AvgIpc) is 2.99. The molecule has 25 heavy (non-hydrogen) atoms. The zero-order chi connectivity index (χ0) is 17.8. The molecule has 0 radical (unpaired) electrons. The van der Waals surface area contributed by atoms with Gasteiger partial charge in [-0.25, -0.2) is 9.48 Å². The van der Waals surface area contributed by atoms with Gasteiger partial charge < -0.3 is 9.47 Å². The monoisotopic (exact) mass is 339 g/mol. The number of hydrogen-bond donors (Lipinski definition) is 0. The van der Waals surface area contributed by atoms with Crippen molar-refractivity contribution < 1.29 is 19.1 Å². The van der Waals surface area contributed by atoms with Gasteiger partial charge in [-0.3, -0.25) is 4.79 Å². The van der Waals surface area contributed by atoms with E-state index in [0.717, 1.165) is 16.6 Å². The first-order valence-corrected chi connectivity index (χ1v) is 7.70. The topological polar surface area (TPSA) is 83.3 Å². The highest BCUT2D eigenvalue weighted by atomic mass is 16.6. The number of aryl methyl sites for hydroxylation is 1. The Balaban J connectivity index is 1.53. The summed E-state index contributed by atoms with van der Waals surface area (Å²) in [6.45, 7) is 1.37. The summed E-state index contributed by atoms with van der Waals surface area (Å²) in [5, 5.41) is 7.95. The predicted octanol–water partition coefficient (Wildman–Crippen LogP) is 2.29. The molecule has 0 saturated heterocycles. The molecule has 7 nitrogen and oxygen atoms in total.